The van der Waals surface area contributed by atoms with E-state index in [9.17, 15) is 9.50 Å². The Balaban J connectivity index is 2.15. The fourth-order valence-corrected chi connectivity index (χ4v) is 1.82. The minimum atomic E-state index is -0.805. The molecular formula is C13H12ClFN2O. The lowest BCUT2D eigenvalue weighted by Gasteiger charge is -2.11. The quantitative estimate of drug-likeness (QED) is 0.929. The van der Waals surface area contributed by atoms with E-state index in [0.29, 0.717) is 16.3 Å². The second-order valence-electron chi connectivity index (χ2n) is 4.04. The van der Waals surface area contributed by atoms with Gasteiger partial charge >= 0.3 is 0 Å². The summed E-state index contributed by atoms with van der Waals surface area (Å²) >= 11 is 5.90. The maximum Gasteiger partial charge on any atom is 0.124 e. The molecule has 5 heteroatoms. The van der Waals surface area contributed by atoms with Gasteiger partial charge in [0.15, 0.2) is 0 Å². The molecule has 0 bridgehead atoms. The molecule has 0 aliphatic rings. The standard InChI is InChI=1S/C13H12ClFN2O/c1-8-6-17-12(7-16-8)13(18)4-9-2-3-10(15)5-11(9)14/h2-3,5-7,13,18H,4H2,1H3. The van der Waals surface area contributed by atoms with Crippen LogP contribution in [-0.4, -0.2) is 15.1 Å². The van der Waals surface area contributed by atoms with Gasteiger partial charge in [-0.25, -0.2) is 4.39 Å². The number of nitrogens with zero attached hydrogens (tertiary/aromatic N) is 2. The highest BCUT2D eigenvalue weighted by Crippen LogP contribution is 2.23. The van der Waals surface area contributed by atoms with Crippen LogP contribution >= 0.6 is 11.6 Å². The predicted molar refractivity (Wildman–Crippen MR) is 66.8 cm³/mol. The lowest BCUT2D eigenvalue weighted by atomic mass is 10.1. The maximum absolute atomic E-state index is 12.9. The number of hydrogen-bond donors (Lipinski definition) is 1. The predicted octanol–water partition coefficient (Wildman–Crippen LogP) is 2.85. The van der Waals surface area contributed by atoms with Crippen LogP contribution in [0.1, 0.15) is 23.1 Å². The third-order valence-corrected chi connectivity index (χ3v) is 2.92. The van der Waals surface area contributed by atoms with Gasteiger partial charge < -0.3 is 5.11 Å². The number of hydrogen-bond acceptors (Lipinski definition) is 3. The number of aromatic nitrogens is 2. The van der Waals surface area contributed by atoms with E-state index in [-0.39, 0.29) is 6.42 Å². The molecule has 0 amide bonds. The fraction of sp³-hybridized carbons (Fsp3) is 0.231. The third-order valence-electron chi connectivity index (χ3n) is 2.57. The first-order valence-corrected chi connectivity index (χ1v) is 5.84. The molecule has 0 spiro atoms. The highest BCUT2D eigenvalue weighted by molar-refractivity contribution is 6.31. The molecule has 94 valence electrons. The van der Waals surface area contributed by atoms with Crippen molar-refractivity contribution in [1.29, 1.82) is 0 Å². The molecule has 3 nitrogen and oxygen atoms in total. The lowest BCUT2D eigenvalue weighted by molar-refractivity contribution is 0.173. The summed E-state index contributed by atoms with van der Waals surface area (Å²) in [7, 11) is 0. The van der Waals surface area contributed by atoms with Crippen LogP contribution in [-0.2, 0) is 6.42 Å². The van der Waals surface area contributed by atoms with E-state index < -0.39 is 11.9 Å². The van der Waals surface area contributed by atoms with E-state index >= 15 is 0 Å². The molecule has 0 radical (unpaired) electrons. The van der Waals surface area contributed by atoms with Gasteiger partial charge in [0.25, 0.3) is 0 Å². The van der Waals surface area contributed by atoms with Crippen LogP contribution in [0.15, 0.2) is 30.6 Å². The molecule has 0 fully saturated rings. The molecule has 1 heterocycles. The lowest BCUT2D eigenvalue weighted by Crippen LogP contribution is -2.05. The number of benzene rings is 1. The monoisotopic (exact) mass is 266 g/mol. The van der Waals surface area contributed by atoms with Crippen LogP contribution in [0.4, 0.5) is 4.39 Å². The molecule has 0 saturated carbocycles. The Morgan fingerprint density at radius 1 is 1.33 bits per heavy atom. The summed E-state index contributed by atoms with van der Waals surface area (Å²) in [5.41, 5.74) is 1.93. The van der Waals surface area contributed by atoms with Gasteiger partial charge in [0, 0.05) is 17.6 Å². The zero-order chi connectivity index (χ0) is 13.1. The Hall–Kier alpha value is -1.52. The fourth-order valence-electron chi connectivity index (χ4n) is 1.57. The SMILES string of the molecule is Cc1cnc(C(O)Cc2ccc(F)cc2Cl)cn1. The molecule has 1 aromatic carbocycles. The topological polar surface area (TPSA) is 46.0 Å². The van der Waals surface area contributed by atoms with Crippen molar-refractivity contribution in [3.05, 3.63) is 58.4 Å². The molecular weight excluding hydrogens is 255 g/mol. The molecule has 0 saturated heterocycles. The third kappa shape index (κ3) is 3.03. The molecule has 2 aromatic rings. The van der Waals surface area contributed by atoms with Gasteiger partial charge in [-0.2, -0.15) is 0 Å². The molecule has 1 unspecified atom stereocenters. The zero-order valence-corrected chi connectivity index (χ0v) is 10.5. The van der Waals surface area contributed by atoms with Crippen molar-refractivity contribution in [3.8, 4) is 0 Å². The van der Waals surface area contributed by atoms with Crippen LogP contribution in [0.5, 0.6) is 0 Å². The Kier molecular flexibility index (Phi) is 3.89. The summed E-state index contributed by atoms with van der Waals surface area (Å²) in [5, 5.41) is 10.3. The largest absolute Gasteiger partial charge is 0.386 e. The summed E-state index contributed by atoms with van der Waals surface area (Å²) in [4.78, 5) is 8.15. The minimum absolute atomic E-state index is 0.275. The first-order valence-electron chi connectivity index (χ1n) is 5.47. The van der Waals surface area contributed by atoms with Crippen molar-refractivity contribution in [2.75, 3.05) is 0 Å². The van der Waals surface area contributed by atoms with Gasteiger partial charge in [0.2, 0.25) is 0 Å². The molecule has 1 N–H and O–H groups in total. The molecule has 0 aliphatic carbocycles. The van der Waals surface area contributed by atoms with Crippen LogP contribution in [0, 0.1) is 12.7 Å². The smallest absolute Gasteiger partial charge is 0.124 e. The van der Waals surface area contributed by atoms with Gasteiger partial charge in [-0.1, -0.05) is 17.7 Å². The Labute approximate surface area is 109 Å². The molecule has 0 aliphatic heterocycles. The Bertz CT molecular complexity index is 545. The Morgan fingerprint density at radius 3 is 2.72 bits per heavy atom. The number of aryl methyl sites for hydroxylation is 1. The summed E-state index contributed by atoms with van der Waals surface area (Å²) in [6, 6.07) is 4.10. The normalized spacial score (nSPS) is 12.4. The summed E-state index contributed by atoms with van der Waals surface area (Å²) in [6.07, 6.45) is 2.58. The van der Waals surface area contributed by atoms with Crippen LogP contribution in [0.25, 0.3) is 0 Å². The summed E-state index contributed by atoms with van der Waals surface area (Å²) in [5.74, 6) is -0.395. The zero-order valence-electron chi connectivity index (χ0n) is 9.77. The highest BCUT2D eigenvalue weighted by atomic mass is 35.5. The van der Waals surface area contributed by atoms with Gasteiger partial charge in [-0.3, -0.25) is 9.97 Å². The van der Waals surface area contributed by atoms with Crippen molar-refractivity contribution in [1.82, 2.24) is 9.97 Å². The average Bonchev–Trinajstić information content (AvgIpc) is 2.33. The van der Waals surface area contributed by atoms with E-state index in [4.69, 9.17) is 11.6 Å². The number of aliphatic hydroxyl groups is 1. The maximum atomic E-state index is 12.9. The van der Waals surface area contributed by atoms with E-state index in [1.807, 2.05) is 6.92 Å². The summed E-state index contributed by atoms with van der Waals surface area (Å²) in [6.45, 7) is 1.82. The van der Waals surface area contributed by atoms with Crippen molar-refractivity contribution in [2.24, 2.45) is 0 Å². The van der Waals surface area contributed by atoms with E-state index in [1.165, 1.54) is 18.3 Å². The van der Waals surface area contributed by atoms with Gasteiger partial charge in [0.1, 0.15) is 11.9 Å². The molecule has 1 atom stereocenters. The minimum Gasteiger partial charge on any atom is -0.386 e. The van der Waals surface area contributed by atoms with Gasteiger partial charge in [-0.05, 0) is 24.6 Å². The number of halogens is 2. The van der Waals surface area contributed by atoms with E-state index in [0.717, 1.165) is 5.69 Å². The Morgan fingerprint density at radius 2 is 2.11 bits per heavy atom. The van der Waals surface area contributed by atoms with Crippen molar-refractivity contribution >= 4 is 11.6 Å². The first-order chi connectivity index (χ1) is 8.56. The van der Waals surface area contributed by atoms with Crippen LogP contribution in [0.2, 0.25) is 5.02 Å². The van der Waals surface area contributed by atoms with E-state index in [1.54, 1.807) is 12.3 Å². The van der Waals surface area contributed by atoms with Crippen molar-refractivity contribution in [3.63, 3.8) is 0 Å². The van der Waals surface area contributed by atoms with Crippen molar-refractivity contribution in [2.45, 2.75) is 19.4 Å². The first kappa shape index (κ1) is 12.9. The number of rotatable bonds is 3. The van der Waals surface area contributed by atoms with Crippen LogP contribution in [0.3, 0.4) is 0 Å². The summed E-state index contributed by atoms with van der Waals surface area (Å²) < 4.78 is 12.9. The molecule has 18 heavy (non-hydrogen) atoms. The second kappa shape index (κ2) is 5.42. The molecule has 1 aromatic heterocycles. The van der Waals surface area contributed by atoms with Gasteiger partial charge in [0.05, 0.1) is 17.6 Å². The average molecular weight is 267 g/mol. The highest BCUT2D eigenvalue weighted by Gasteiger charge is 2.13. The number of aliphatic hydroxyl groups excluding tert-OH is 1. The van der Waals surface area contributed by atoms with Crippen LogP contribution < -0.4 is 0 Å². The second-order valence-corrected chi connectivity index (χ2v) is 4.45. The molecule has 2 rings (SSSR count). The van der Waals surface area contributed by atoms with Crippen molar-refractivity contribution < 1.29 is 9.50 Å². The van der Waals surface area contributed by atoms with E-state index in [2.05, 4.69) is 9.97 Å². The van der Waals surface area contributed by atoms with Gasteiger partial charge in [-0.15, -0.1) is 0 Å².